The Morgan fingerprint density at radius 3 is 2.16 bits per heavy atom. The molecule has 0 aromatic carbocycles. The van der Waals surface area contributed by atoms with Gasteiger partial charge in [0.2, 0.25) is 0 Å². The molecule has 122 valence electrons. The fourth-order valence-corrected chi connectivity index (χ4v) is 3.00. The van der Waals surface area contributed by atoms with Gasteiger partial charge in [0.15, 0.2) is 0 Å². The first-order chi connectivity index (χ1) is 11.8. The van der Waals surface area contributed by atoms with Gasteiger partial charge >= 0.3 is 21.1 Å². The molecule has 5 heteroatoms. The molecule has 4 aliphatic heterocycles. The second kappa shape index (κ2) is 6.38. The standard InChI is InChI=1S/C20H14N4.Pt/c1-2-14-10-16-5-6-18(23-16)12-20-8-7-19(24-20)11-17-4-3-15(22-17)9-13(1)21-14;/h1-13,24H;/q;+2. The summed E-state index contributed by atoms with van der Waals surface area (Å²) in [6.45, 7) is 0. The van der Waals surface area contributed by atoms with Crippen molar-refractivity contribution >= 4 is 29.3 Å². The quantitative estimate of drug-likeness (QED) is 0.559. The van der Waals surface area contributed by atoms with E-state index < -0.39 is 0 Å². The van der Waals surface area contributed by atoms with Crippen molar-refractivity contribution in [1.29, 1.82) is 0 Å². The van der Waals surface area contributed by atoms with Crippen LogP contribution in [0.4, 0.5) is 0 Å². The maximum absolute atomic E-state index is 4.68. The third-order valence-corrected chi connectivity index (χ3v) is 4.10. The minimum absolute atomic E-state index is 0. The van der Waals surface area contributed by atoms with E-state index in [-0.39, 0.29) is 27.1 Å². The van der Waals surface area contributed by atoms with E-state index in [2.05, 4.69) is 32.1 Å². The third-order valence-electron chi connectivity index (χ3n) is 4.10. The summed E-state index contributed by atoms with van der Waals surface area (Å²) in [6, 6.07) is 4.13. The number of aromatic amines is 1. The molecule has 1 unspecified atom stereocenters. The summed E-state index contributed by atoms with van der Waals surface area (Å²) in [5, 5.41) is 2.05. The SMILES string of the molecule is C1=CC2=NC1=CC1=NC(C=C1)C=C1C=CC(=N1)C=c1ccc([nH]1)=C2.[Pt+2]. The zero-order chi connectivity index (χ0) is 15.9. The first-order valence-corrected chi connectivity index (χ1v) is 7.92. The number of hydrogen-bond acceptors (Lipinski definition) is 3. The van der Waals surface area contributed by atoms with Crippen LogP contribution in [0.2, 0.25) is 0 Å². The molecule has 5 heterocycles. The van der Waals surface area contributed by atoms with Crippen molar-refractivity contribution in [3.8, 4) is 0 Å². The van der Waals surface area contributed by atoms with Crippen molar-refractivity contribution in [2.24, 2.45) is 15.0 Å². The molecule has 8 bridgehead atoms. The molecule has 4 nitrogen and oxygen atoms in total. The van der Waals surface area contributed by atoms with Gasteiger partial charge in [0.05, 0.1) is 34.6 Å². The zero-order valence-electron chi connectivity index (χ0n) is 13.2. The molecule has 25 heavy (non-hydrogen) atoms. The molecule has 1 atom stereocenters. The Morgan fingerprint density at radius 1 is 0.720 bits per heavy atom. The molecule has 0 radical (unpaired) electrons. The van der Waals surface area contributed by atoms with E-state index in [1.165, 1.54) is 0 Å². The Morgan fingerprint density at radius 2 is 1.40 bits per heavy atom. The normalized spacial score (nSPS) is 22.2. The van der Waals surface area contributed by atoms with E-state index in [4.69, 9.17) is 0 Å². The summed E-state index contributed by atoms with van der Waals surface area (Å²) in [6.07, 6.45) is 20.3. The first kappa shape index (κ1) is 15.9. The van der Waals surface area contributed by atoms with Crippen LogP contribution >= 0.6 is 0 Å². The van der Waals surface area contributed by atoms with Crippen molar-refractivity contribution in [3.63, 3.8) is 0 Å². The average molecular weight is 505 g/mol. The number of H-pyrrole nitrogens is 1. The van der Waals surface area contributed by atoms with E-state index in [1.807, 2.05) is 60.7 Å². The summed E-state index contributed by atoms with van der Waals surface area (Å²) in [7, 11) is 0. The van der Waals surface area contributed by atoms with Crippen molar-refractivity contribution in [1.82, 2.24) is 4.98 Å². The summed E-state index contributed by atoms with van der Waals surface area (Å²) in [5.74, 6) is 0. The Kier molecular flexibility index (Phi) is 4.06. The second-order valence-corrected chi connectivity index (χ2v) is 5.96. The van der Waals surface area contributed by atoms with Crippen LogP contribution < -0.4 is 10.7 Å². The van der Waals surface area contributed by atoms with Gasteiger partial charge in [-0.2, -0.15) is 0 Å². The molecule has 0 fully saturated rings. The Balaban J connectivity index is 0.00000157. The minimum atomic E-state index is 0. The van der Waals surface area contributed by atoms with Gasteiger partial charge in [-0.1, -0.05) is 6.08 Å². The van der Waals surface area contributed by atoms with Crippen LogP contribution in [-0.4, -0.2) is 28.2 Å². The second-order valence-electron chi connectivity index (χ2n) is 5.96. The maximum Gasteiger partial charge on any atom is 2.00 e. The maximum atomic E-state index is 4.68. The van der Waals surface area contributed by atoms with E-state index in [0.29, 0.717) is 0 Å². The van der Waals surface area contributed by atoms with Gasteiger partial charge in [0, 0.05) is 10.7 Å². The summed E-state index contributed by atoms with van der Waals surface area (Å²) in [5.41, 5.74) is 4.67. The average Bonchev–Trinajstić information content (AvgIpc) is 3.32. The molecule has 0 saturated carbocycles. The third kappa shape index (κ3) is 3.31. The number of rotatable bonds is 0. The van der Waals surface area contributed by atoms with Crippen molar-refractivity contribution < 1.29 is 21.1 Å². The fraction of sp³-hybridized carbons (Fsp3) is 0.0500. The largest absolute Gasteiger partial charge is 2.00 e. The van der Waals surface area contributed by atoms with Crippen LogP contribution in [0.1, 0.15) is 0 Å². The molecular weight excluding hydrogens is 491 g/mol. The number of hydrogen-bond donors (Lipinski definition) is 1. The number of nitrogens with one attached hydrogen (secondary N) is 1. The minimum Gasteiger partial charge on any atom is -0.355 e. The molecule has 1 aromatic heterocycles. The summed E-state index contributed by atoms with van der Waals surface area (Å²) >= 11 is 0. The summed E-state index contributed by atoms with van der Waals surface area (Å²) < 4.78 is 0. The van der Waals surface area contributed by atoms with Gasteiger partial charge in [-0.05, 0) is 66.8 Å². The number of aliphatic imine (C=N–C) groups is 3. The van der Waals surface area contributed by atoms with E-state index >= 15 is 0 Å². The van der Waals surface area contributed by atoms with Gasteiger partial charge in [-0.25, -0.2) is 9.98 Å². The van der Waals surface area contributed by atoms with Crippen molar-refractivity contribution in [2.75, 3.05) is 0 Å². The van der Waals surface area contributed by atoms with Crippen LogP contribution in [0, 0.1) is 0 Å². The predicted molar refractivity (Wildman–Crippen MR) is 98.7 cm³/mol. The van der Waals surface area contributed by atoms with Crippen LogP contribution in [0.3, 0.4) is 0 Å². The Hall–Kier alpha value is -2.58. The van der Waals surface area contributed by atoms with Gasteiger partial charge in [-0.15, -0.1) is 0 Å². The van der Waals surface area contributed by atoms with Crippen molar-refractivity contribution in [2.45, 2.75) is 6.04 Å². The zero-order valence-corrected chi connectivity index (χ0v) is 15.4. The number of fused-ring (bicyclic) bond motifs is 5. The molecule has 4 aliphatic rings. The molecule has 0 saturated heterocycles. The van der Waals surface area contributed by atoms with E-state index in [1.54, 1.807) is 0 Å². The number of nitrogens with zero attached hydrogens (tertiary/aromatic N) is 3. The molecule has 0 spiro atoms. The fourth-order valence-electron chi connectivity index (χ4n) is 3.00. The van der Waals surface area contributed by atoms with Crippen LogP contribution in [0.5, 0.6) is 0 Å². The predicted octanol–water partition coefficient (Wildman–Crippen LogP) is 1.76. The van der Waals surface area contributed by atoms with Crippen LogP contribution in [-0.2, 0) is 21.1 Å². The first-order valence-electron chi connectivity index (χ1n) is 7.92. The molecule has 1 N–H and O–H groups in total. The van der Waals surface area contributed by atoms with Gasteiger partial charge in [0.25, 0.3) is 0 Å². The van der Waals surface area contributed by atoms with E-state index in [0.717, 1.165) is 39.2 Å². The monoisotopic (exact) mass is 505 g/mol. The number of aromatic nitrogens is 1. The smallest absolute Gasteiger partial charge is 0.355 e. The Labute approximate surface area is 159 Å². The van der Waals surface area contributed by atoms with Gasteiger partial charge in [-0.3, -0.25) is 4.99 Å². The molecule has 5 rings (SSSR count). The summed E-state index contributed by atoms with van der Waals surface area (Å²) in [4.78, 5) is 17.3. The topological polar surface area (TPSA) is 52.9 Å². The molecule has 1 aromatic rings. The van der Waals surface area contributed by atoms with Crippen LogP contribution in [0.15, 0.2) is 87.1 Å². The van der Waals surface area contributed by atoms with E-state index in [9.17, 15) is 0 Å². The van der Waals surface area contributed by atoms with Gasteiger partial charge < -0.3 is 4.98 Å². The Bertz CT molecular complexity index is 1100. The molecular formula is C20H14N4Pt+2. The number of allylic oxidation sites excluding steroid dienone is 6. The van der Waals surface area contributed by atoms with Crippen LogP contribution in [0.25, 0.3) is 12.2 Å². The molecule has 0 amide bonds. The van der Waals surface area contributed by atoms with Gasteiger partial charge in [0.1, 0.15) is 0 Å². The van der Waals surface area contributed by atoms with Crippen molar-refractivity contribution in [3.05, 3.63) is 82.8 Å². The molecule has 0 aliphatic carbocycles.